The first-order valence-electron chi connectivity index (χ1n) is 9.56. The number of ether oxygens (including phenoxy) is 2. The Balaban J connectivity index is 2.19. The molecule has 0 saturated carbocycles. The second kappa shape index (κ2) is 8.84. The summed E-state index contributed by atoms with van der Waals surface area (Å²) >= 11 is 0. The van der Waals surface area contributed by atoms with Gasteiger partial charge < -0.3 is 9.47 Å². The summed E-state index contributed by atoms with van der Waals surface area (Å²) in [5, 5.41) is 9.55. The molecule has 0 bridgehead atoms. The first-order valence-corrected chi connectivity index (χ1v) is 9.56. The van der Waals surface area contributed by atoms with Gasteiger partial charge in [-0.05, 0) is 81.7 Å². The fraction of sp³-hybridized carbons (Fsp3) is 0.269. The number of nitrogens with zero attached hydrogens (tertiary/aromatic N) is 1. The van der Waals surface area contributed by atoms with Crippen LogP contribution in [0, 0.1) is 11.3 Å². The maximum atomic E-state index is 9.55. The van der Waals surface area contributed by atoms with Crippen molar-refractivity contribution in [3.63, 3.8) is 0 Å². The third-order valence-electron chi connectivity index (χ3n) is 5.07. The topological polar surface area (TPSA) is 42.2 Å². The molecule has 29 heavy (non-hydrogen) atoms. The number of benzene rings is 2. The van der Waals surface area contributed by atoms with Crippen molar-refractivity contribution in [1.82, 2.24) is 0 Å². The first-order chi connectivity index (χ1) is 13.6. The SMILES string of the molecule is C=C(C)C(=C)OC(C)(C)C(C)(C)Oc1ccc(/C(C#N)=C/c2ccccc2)cc1. The van der Waals surface area contributed by atoms with Crippen LogP contribution in [0.2, 0.25) is 0 Å². The van der Waals surface area contributed by atoms with Crippen molar-refractivity contribution >= 4 is 11.6 Å². The Morgan fingerprint density at radius 1 is 0.931 bits per heavy atom. The van der Waals surface area contributed by atoms with E-state index >= 15 is 0 Å². The Morgan fingerprint density at radius 3 is 2.03 bits per heavy atom. The molecule has 2 rings (SSSR count). The fourth-order valence-electron chi connectivity index (χ4n) is 2.53. The van der Waals surface area contributed by atoms with Crippen molar-refractivity contribution in [3.8, 4) is 11.8 Å². The van der Waals surface area contributed by atoms with E-state index in [1.165, 1.54) is 0 Å². The highest BCUT2D eigenvalue weighted by atomic mass is 16.6. The summed E-state index contributed by atoms with van der Waals surface area (Å²) in [6.45, 7) is 17.5. The maximum Gasteiger partial charge on any atom is 0.142 e. The van der Waals surface area contributed by atoms with Gasteiger partial charge in [0.05, 0.1) is 11.6 Å². The molecule has 2 aromatic carbocycles. The minimum absolute atomic E-state index is 0.548. The van der Waals surface area contributed by atoms with Crippen LogP contribution in [-0.2, 0) is 4.74 Å². The summed E-state index contributed by atoms with van der Waals surface area (Å²) in [7, 11) is 0. The number of hydrogen-bond donors (Lipinski definition) is 0. The molecular weight excluding hydrogens is 358 g/mol. The predicted octanol–water partition coefficient (Wildman–Crippen LogP) is 6.79. The second-order valence-corrected chi connectivity index (χ2v) is 8.03. The molecule has 0 aromatic heterocycles. The molecule has 0 aliphatic rings. The number of rotatable bonds is 8. The molecule has 0 N–H and O–H groups in total. The van der Waals surface area contributed by atoms with Gasteiger partial charge >= 0.3 is 0 Å². The van der Waals surface area contributed by atoms with Gasteiger partial charge in [0.1, 0.15) is 22.7 Å². The highest BCUT2D eigenvalue weighted by Gasteiger charge is 2.42. The van der Waals surface area contributed by atoms with E-state index in [2.05, 4.69) is 19.2 Å². The minimum Gasteiger partial charge on any atom is -0.484 e. The first kappa shape index (κ1) is 22.0. The molecule has 0 spiro atoms. The van der Waals surface area contributed by atoms with E-state index in [4.69, 9.17) is 9.47 Å². The largest absolute Gasteiger partial charge is 0.484 e. The Bertz CT molecular complexity index is 942. The third-order valence-corrected chi connectivity index (χ3v) is 5.07. The molecule has 0 unspecified atom stereocenters. The van der Waals surface area contributed by atoms with Crippen molar-refractivity contribution < 1.29 is 9.47 Å². The van der Waals surface area contributed by atoms with Crippen molar-refractivity contribution in [3.05, 3.63) is 90.2 Å². The molecule has 2 aromatic rings. The van der Waals surface area contributed by atoms with E-state index in [-0.39, 0.29) is 0 Å². The van der Waals surface area contributed by atoms with E-state index in [9.17, 15) is 5.26 Å². The quantitative estimate of drug-likeness (QED) is 0.217. The van der Waals surface area contributed by atoms with Crippen LogP contribution in [0.3, 0.4) is 0 Å². The lowest BCUT2D eigenvalue weighted by atomic mass is 9.88. The van der Waals surface area contributed by atoms with Gasteiger partial charge in [-0.25, -0.2) is 0 Å². The van der Waals surface area contributed by atoms with Crippen LogP contribution in [0.4, 0.5) is 0 Å². The predicted molar refractivity (Wildman–Crippen MR) is 120 cm³/mol. The zero-order chi connectivity index (χ0) is 21.7. The summed E-state index contributed by atoms with van der Waals surface area (Å²) in [4.78, 5) is 0. The van der Waals surface area contributed by atoms with Crippen LogP contribution in [0.15, 0.2) is 79.1 Å². The third kappa shape index (κ3) is 5.62. The van der Waals surface area contributed by atoms with Gasteiger partial charge in [-0.3, -0.25) is 0 Å². The lowest BCUT2D eigenvalue weighted by Crippen LogP contribution is -2.51. The van der Waals surface area contributed by atoms with Gasteiger partial charge in [0, 0.05) is 0 Å². The average molecular weight is 388 g/mol. The monoisotopic (exact) mass is 387 g/mol. The lowest BCUT2D eigenvalue weighted by Gasteiger charge is -2.42. The molecule has 0 fully saturated rings. The van der Waals surface area contributed by atoms with Crippen LogP contribution in [0.5, 0.6) is 5.75 Å². The second-order valence-electron chi connectivity index (χ2n) is 8.03. The molecule has 3 nitrogen and oxygen atoms in total. The Hall–Kier alpha value is -3.25. The molecule has 0 heterocycles. The molecule has 0 amide bonds. The summed E-state index contributed by atoms with van der Waals surface area (Å²) < 4.78 is 12.2. The Labute approximate surface area is 174 Å². The van der Waals surface area contributed by atoms with Gasteiger partial charge in [0.25, 0.3) is 0 Å². The van der Waals surface area contributed by atoms with Gasteiger partial charge in [-0.2, -0.15) is 5.26 Å². The van der Waals surface area contributed by atoms with Crippen LogP contribution >= 0.6 is 0 Å². The standard InChI is InChI=1S/C26H29NO2/c1-19(2)20(3)28-25(4,5)26(6,7)29-24-15-13-22(14-16-24)23(18-27)17-21-11-9-8-10-12-21/h8-17H,1,3H2,2,4-7H3/b23-17+. The van der Waals surface area contributed by atoms with Crippen molar-refractivity contribution in [2.75, 3.05) is 0 Å². The molecule has 0 aliphatic heterocycles. The smallest absolute Gasteiger partial charge is 0.142 e. The van der Waals surface area contributed by atoms with Crippen LogP contribution in [0.1, 0.15) is 45.7 Å². The summed E-state index contributed by atoms with van der Waals surface area (Å²) in [6, 6.07) is 19.6. The van der Waals surface area contributed by atoms with Gasteiger partial charge in [0.15, 0.2) is 0 Å². The van der Waals surface area contributed by atoms with Gasteiger partial charge in [0.2, 0.25) is 0 Å². The van der Waals surface area contributed by atoms with E-state index in [1.54, 1.807) is 0 Å². The van der Waals surface area contributed by atoms with Crippen LogP contribution in [-0.4, -0.2) is 11.2 Å². The molecule has 0 saturated heterocycles. The minimum atomic E-state index is -0.634. The normalized spacial score (nSPS) is 12.1. The number of hydrogen-bond acceptors (Lipinski definition) is 3. The van der Waals surface area contributed by atoms with Crippen molar-refractivity contribution in [2.45, 2.75) is 45.8 Å². The maximum absolute atomic E-state index is 9.55. The molecule has 0 aliphatic carbocycles. The van der Waals surface area contributed by atoms with E-state index in [0.717, 1.165) is 16.7 Å². The number of nitriles is 1. The highest BCUT2D eigenvalue weighted by Crippen LogP contribution is 2.34. The molecule has 3 heteroatoms. The molecule has 150 valence electrons. The van der Waals surface area contributed by atoms with Gasteiger partial charge in [-0.15, -0.1) is 0 Å². The zero-order valence-corrected chi connectivity index (χ0v) is 18.0. The molecular formula is C26H29NO2. The average Bonchev–Trinajstić information content (AvgIpc) is 2.67. The van der Waals surface area contributed by atoms with Crippen molar-refractivity contribution in [2.24, 2.45) is 0 Å². The van der Waals surface area contributed by atoms with Crippen LogP contribution in [0.25, 0.3) is 11.6 Å². The summed E-state index contributed by atoms with van der Waals surface area (Å²) in [5.74, 6) is 1.25. The Morgan fingerprint density at radius 2 is 1.52 bits per heavy atom. The van der Waals surface area contributed by atoms with E-state index < -0.39 is 11.2 Å². The van der Waals surface area contributed by atoms with Crippen molar-refractivity contribution in [1.29, 1.82) is 5.26 Å². The molecule has 0 atom stereocenters. The van der Waals surface area contributed by atoms with E-state index in [0.29, 0.717) is 17.1 Å². The summed E-state index contributed by atoms with van der Waals surface area (Å²) in [6.07, 6.45) is 1.87. The number of allylic oxidation sites excluding steroid dienone is 2. The fourth-order valence-corrected chi connectivity index (χ4v) is 2.53. The highest BCUT2D eigenvalue weighted by molar-refractivity contribution is 5.89. The Kier molecular flexibility index (Phi) is 6.72. The molecule has 0 radical (unpaired) electrons. The van der Waals surface area contributed by atoms with Gasteiger partial charge in [-0.1, -0.05) is 43.5 Å². The summed E-state index contributed by atoms with van der Waals surface area (Å²) in [5.41, 5.74) is 1.95. The lowest BCUT2D eigenvalue weighted by molar-refractivity contribution is -0.105. The van der Waals surface area contributed by atoms with E-state index in [1.807, 2.05) is 95.3 Å². The van der Waals surface area contributed by atoms with Crippen LogP contribution < -0.4 is 4.74 Å². The zero-order valence-electron chi connectivity index (χ0n) is 18.0.